The van der Waals surface area contributed by atoms with Crippen LogP contribution in [0.4, 0.5) is 0 Å². The molecule has 0 radical (unpaired) electrons. The lowest BCUT2D eigenvalue weighted by molar-refractivity contribution is -0.0670. The van der Waals surface area contributed by atoms with Gasteiger partial charge in [0.25, 0.3) is 0 Å². The molecule has 2 atom stereocenters. The Hall–Kier alpha value is -1.83. The fourth-order valence-corrected chi connectivity index (χ4v) is 3.98. The molecule has 2 aliphatic rings. The van der Waals surface area contributed by atoms with E-state index in [-0.39, 0.29) is 12.1 Å². The van der Waals surface area contributed by atoms with Gasteiger partial charge in [-0.25, -0.2) is 4.68 Å². The Morgan fingerprint density at radius 2 is 2.20 bits per heavy atom. The maximum atomic E-state index is 6.24. The number of benzene rings is 1. The number of halogens is 1. The van der Waals surface area contributed by atoms with Crippen molar-refractivity contribution in [2.75, 3.05) is 27.3 Å². The van der Waals surface area contributed by atoms with Gasteiger partial charge < -0.3 is 14.2 Å². The summed E-state index contributed by atoms with van der Waals surface area (Å²) in [6.07, 6.45) is 2.94. The molecule has 0 bridgehead atoms. The number of nitrogens with zero attached hydrogens (tertiary/aromatic N) is 4. The molecule has 1 aromatic carbocycles. The Morgan fingerprint density at radius 3 is 3.00 bits per heavy atom. The van der Waals surface area contributed by atoms with Crippen molar-refractivity contribution >= 4 is 11.6 Å². The largest absolute Gasteiger partial charge is 0.493 e. The van der Waals surface area contributed by atoms with E-state index in [1.807, 2.05) is 10.7 Å². The number of likely N-dealkylation sites (tertiary alicyclic amines) is 1. The second kappa shape index (κ2) is 6.82. The maximum Gasteiger partial charge on any atom is 0.165 e. The monoisotopic (exact) mass is 364 g/mol. The van der Waals surface area contributed by atoms with Crippen LogP contribution in [-0.2, 0) is 17.9 Å². The van der Waals surface area contributed by atoms with Crippen LogP contribution in [0.15, 0.2) is 18.3 Å². The Balaban J connectivity index is 1.56. The first-order valence-electron chi connectivity index (χ1n) is 8.33. The van der Waals surface area contributed by atoms with E-state index in [4.69, 9.17) is 25.8 Å². The highest BCUT2D eigenvalue weighted by Gasteiger charge is 2.36. The van der Waals surface area contributed by atoms with E-state index in [1.54, 1.807) is 26.5 Å². The fourth-order valence-electron chi connectivity index (χ4n) is 3.75. The van der Waals surface area contributed by atoms with Gasteiger partial charge in [-0.2, -0.15) is 0 Å². The highest BCUT2D eigenvalue weighted by molar-refractivity contribution is 6.30. The number of aromatic nitrogens is 3. The van der Waals surface area contributed by atoms with Gasteiger partial charge in [0, 0.05) is 36.3 Å². The minimum Gasteiger partial charge on any atom is -0.493 e. The summed E-state index contributed by atoms with van der Waals surface area (Å²) in [5, 5.41) is 8.92. The third kappa shape index (κ3) is 3.07. The second-order valence-corrected chi connectivity index (χ2v) is 6.85. The molecule has 0 unspecified atom stereocenters. The lowest BCUT2D eigenvalue weighted by Crippen LogP contribution is -2.47. The van der Waals surface area contributed by atoms with Gasteiger partial charge >= 0.3 is 0 Å². The standard InChI is InChI=1S/C17H21ClN4O3/c1-23-16-6-12(18)5-11(17(16)24-2)8-21-4-3-15-14(9-21)22-13(10-25-15)7-19-20-22/h5-7,14-15H,3-4,8-10H2,1-2H3/t14-,15+/m1/s1. The third-order valence-corrected chi connectivity index (χ3v) is 5.15. The summed E-state index contributed by atoms with van der Waals surface area (Å²) < 4.78 is 18.9. The van der Waals surface area contributed by atoms with Crippen LogP contribution >= 0.6 is 11.6 Å². The Bertz CT molecular complexity index is 766. The van der Waals surface area contributed by atoms with Crippen LogP contribution in [0, 0.1) is 0 Å². The van der Waals surface area contributed by atoms with E-state index >= 15 is 0 Å². The van der Waals surface area contributed by atoms with Crippen LogP contribution in [-0.4, -0.2) is 53.3 Å². The summed E-state index contributed by atoms with van der Waals surface area (Å²) in [6, 6.07) is 3.90. The van der Waals surface area contributed by atoms with Crippen molar-refractivity contribution < 1.29 is 14.2 Å². The first kappa shape index (κ1) is 16.6. The number of hydrogen-bond acceptors (Lipinski definition) is 6. The van der Waals surface area contributed by atoms with Crippen molar-refractivity contribution in [2.24, 2.45) is 0 Å². The van der Waals surface area contributed by atoms with E-state index < -0.39 is 0 Å². The molecule has 0 amide bonds. The molecule has 134 valence electrons. The van der Waals surface area contributed by atoms with Gasteiger partial charge in [-0.15, -0.1) is 5.10 Å². The van der Waals surface area contributed by atoms with Crippen LogP contribution in [0.1, 0.15) is 23.7 Å². The second-order valence-electron chi connectivity index (χ2n) is 6.41. The zero-order chi connectivity index (χ0) is 17.4. The predicted octanol–water partition coefficient (Wildman–Crippen LogP) is 2.29. The van der Waals surface area contributed by atoms with Crippen LogP contribution in [0.3, 0.4) is 0 Å². The van der Waals surface area contributed by atoms with Crippen molar-refractivity contribution in [2.45, 2.75) is 31.7 Å². The highest BCUT2D eigenvalue weighted by Crippen LogP contribution is 2.37. The van der Waals surface area contributed by atoms with Crippen molar-refractivity contribution in [1.82, 2.24) is 19.9 Å². The summed E-state index contributed by atoms with van der Waals surface area (Å²) in [6.45, 7) is 3.11. The van der Waals surface area contributed by atoms with Crippen LogP contribution in [0.5, 0.6) is 11.5 Å². The first-order valence-corrected chi connectivity index (χ1v) is 8.71. The summed E-state index contributed by atoms with van der Waals surface area (Å²) in [7, 11) is 3.27. The van der Waals surface area contributed by atoms with E-state index in [2.05, 4.69) is 15.2 Å². The van der Waals surface area contributed by atoms with E-state index in [0.29, 0.717) is 17.4 Å². The SMILES string of the molecule is COc1cc(Cl)cc(CN2CC[C@@H]3OCc4cnnn4[C@@H]3C2)c1OC. The van der Waals surface area contributed by atoms with Crippen molar-refractivity contribution in [1.29, 1.82) is 0 Å². The third-order valence-electron chi connectivity index (χ3n) is 4.93. The zero-order valence-corrected chi connectivity index (χ0v) is 15.1. The summed E-state index contributed by atoms with van der Waals surface area (Å²) >= 11 is 6.24. The molecule has 1 aromatic heterocycles. The molecule has 4 rings (SSSR count). The molecule has 1 saturated heterocycles. The molecule has 0 spiro atoms. The number of ether oxygens (including phenoxy) is 3. The number of methoxy groups -OCH3 is 2. The van der Waals surface area contributed by atoms with E-state index in [1.165, 1.54) is 0 Å². The van der Waals surface area contributed by atoms with Crippen molar-refractivity contribution in [3.05, 3.63) is 34.6 Å². The fraction of sp³-hybridized carbons (Fsp3) is 0.529. The minimum atomic E-state index is 0.187. The average Bonchev–Trinajstić information content (AvgIpc) is 3.10. The van der Waals surface area contributed by atoms with Gasteiger partial charge in [-0.1, -0.05) is 16.8 Å². The van der Waals surface area contributed by atoms with Crippen LogP contribution in [0.2, 0.25) is 5.02 Å². The smallest absolute Gasteiger partial charge is 0.165 e. The molecular weight excluding hydrogens is 344 g/mol. The van der Waals surface area contributed by atoms with Gasteiger partial charge in [0.05, 0.1) is 44.9 Å². The number of rotatable bonds is 4. The molecule has 25 heavy (non-hydrogen) atoms. The van der Waals surface area contributed by atoms with Gasteiger partial charge in [0.2, 0.25) is 0 Å². The van der Waals surface area contributed by atoms with E-state index in [0.717, 1.165) is 43.1 Å². The maximum absolute atomic E-state index is 6.24. The lowest BCUT2D eigenvalue weighted by Gasteiger charge is -2.41. The zero-order valence-electron chi connectivity index (χ0n) is 14.3. The Morgan fingerprint density at radius 1 is 1.32 bits per heavy atom. The Labute approximate surface area is 151 Å². The number of piperidine rings is 1. The molecule has 0 N–H and O–H groups in total. The molecule has 0 saturated carbocycles. The summed E-state index contributed by atoms with van der Waals surface area (Å²) in [4.78, 5) is 2.37. The number of hydrogen-bond donors (Lipinski definition) is 0. The molecule has 7 nitrogen and oxygen atoms in total. The predicted molar refractivity (Wildman–Crippen MR) is 92.1 cm³/mol. The highest BCUT2D eigenvalue weighted by atomic mass is 35.5. The molecule has 2 aliphatic heterocycles. The van der Waals surface area contributed by atoms with Crippen LogP contribution < -0.4 is 9.47 Å². The molecule has 2 aromatic rings. The van der Waals surface area contributed by atoms with Gasteiger partial charge in [0.1, 0.15) is 0 Å². The molecule has 0 aliphatic carbocycles. The molecule has 1 fully saturated rings. The molecular formula is C17H21ClN4O3. The van der Waals surface area contributed by atoms with Crippen molar-refractivity contribution in [3.63, 3.8) is 0 Å². The first-order chi connectivity index (χ1) is 12.2. The van der Waals surface area contributed by atoms with Crippen LogP contribution in [0.25, 0.3) is 0 Å². The number of fused-ring (bicyclic) bond motifs is 3. The Kier molecular flexibility index (Phi) is 4.54. The normalized spacial score (nSPS) is 23.0. The topological polar surface area (TPSA) is 61.6 Å². The summed E-state index contributed by atoms with van der Waals surface area (Å²) in [5.41, 5.74) is 2.05. The van der Waals surface area contributed by atoms with Gasteiger partial charge in [0.15, 0.2) is 11.5 Å². The van der Waals surface area contributed by atoms with Gasteiger partial charge in [-0.05, 0) is 12.5 Å². The van der Waals surface area contributed by atoms with Gasteiger partial charge in [-0.3, -0.25) is 4.90 Å². The molecule has 3 heterocycles. The average molecular weight is 365 g/mol. The van der Waals surface area contributed by atoms with Crippen molar-refractivity contribution in [3.8, 4) is 11.5 Å². The minimum absolute atomic E-state index is 0.187. The molecule has 8 heteroatoms. The quantitative estimate of drug-likeness (QED) is 0.829. The summed E-state index contributed by atoms with van der Waals surface area (Å²) in [5.74, 6) is 1.38. The lowest BCUT2D eigenvalue weighted by atomic mass is 9.99. The van der Waals surface area contributed by atoms with E-state index in [9.17, 15) is 0 Å².